The summed E-state index contributed by atoms with van der Waals surface area (Å²) in [6.45, 7) is 5.09. The van der Waals surface area contributed by atoms with E-state index in [0.29, 0.717) is 0 Å². The minimum Gasteiger partial charge on any atom is -0.356 e. The van der Waals surface area contributed by atoms with Gasteiger partial charge in [-0.25, -0.2) is 9.97 Å². The Kier molecular flexibility index (Phi) is 5.22. The standard InChI is InChI=1S/C24H27N5/c1-3-9-19(10-4-1)17-28-16-12-21-20(18-28)24(29-14-7-2-8-15-29)27-23(26-21)22-11-5-6-13-25-22/h1,3-6,9-11,13H,2,7-8,12,14-18H2. The Morgan fingerprint density at radius 1 is 0.828 bits per heavy atom. The molecule has 0 N–H and O–H groups in total. The molecule has 3 aromatic rings. The van der Waals surface area contributed by atoms with Crippen molar-refractivity contribution in [2.75, 3.05) is 24.5 Å². The highest BCUT2D eigenvalue weighted by Crippen LogP contribution is 2.31. The molecule has 2 aliphatic heterocycles. The van der Waals surface area contributed by atoms with E-state index in [9.17, 15) is 0 Å². The molecule has 0 saturated carbocycles. The van der Waals surface area contributed by atoms with E-state index in [-0.39, 0.29) is 0 Å². The van der Waals surface area contributed by atoms with Gasteiger partial charge in [-0.1, -0.05) is 36.4 Å². The molecule has 0 amide bonds. The van der Waals surface area contributed by atoms with Crippen LogP contribution in [0.5, 0.6) is 0 Å². The van der Waals surface area contributed by atoms with Gasteiger partial charge >= 0.3 is 0 Å². The fourth-order valence-corrected chi connectivity index (χ4v) is 4.41. The number of aromatic nitrogens is 3. The summed E-state index contributed by atoms with van der Waals surface area (Å²) in [4.78, 5) is 19.5. The quantitative estimate of drug-likeness (QED) is 0.677. The lowest BCUT2D eigenvalue weighted by Crippen LogP contribution is -2.36. The Labute approximate surface area is 172 Å². The van der Waals surface area contributed by atoms with Gasteiger partial charge in [0.25, 0.3) is 0 Å². The molecular formula is C24H27N5. The maximum absolute atomic E-state index is 5.05. The SMILES string of the molecule is c1ccc(CN2CCc3nc(-c4ccccn4)nc(N4CCCCC4)c3C2)cc1. The summed E-state index contributed by atoms with van der Waals surface area (Å²) in [6, 6.07) is 16.7. The molecule has 5 heteroatoms. The predicted molar refractivity (Wildman–Crippen MR) is 116 cm³/mol. The first kappa shape index (κ1) is 18.3. The van der Waals surface area contributed by atoms with E-state index in [4.69, 9.17) is 9.97 Å². The minimum absolute atomic E-state index is 0.765. The van der Waals surface area contributed by atoms with Crippen LogP contribution in [0.1, 0.15) is 36.1 Å². The molecule has 0 aliphatic carbocycles. The van der Waals surface area contributed by atoms with Crippen molar-refractivity contribution in [1.82, 2.24) is 19.9 Å². The number of hydrogen-bond donors (Lipinski definition) is 0. The first-order chi connectivity index (χ1) is 14.4. The number of nitrogens with zero attached hydrogens (tertiary/aromatic N) is 5. The zero-order chi connectivity index (χ0) is 19.5. The van der Waals surface area contributed by atoms with E-state index in [1.54, 1.807) is 0 Å². The first-order valence-electron chi connectivity index (χ1n) is 10.7. The van der Waals surface area contributed by atoms with Gasteiger partial charge in [0.1, 0.15) is 11.5 Å². The van der Waals surface area contributed by atoms with Gasteiger partial charge in [-0.2, -0.15) is 0 Å². The van der Waals surface area contributed by atoms with E-state index < -0.39 is 0 Å². The summed E-state index contributed by atoms with van der Waals surface area (Å²) in [7, 11) is 0. The Morgan fingerprint density at radius 3 is 2.45 bits per heavy atom. The number of anilines is 1. The molecule has 0 atom stereocenters. The predicted octanol–water partition coefficient (Wildman–Crippen LogP) is 4.09. The van der Waals surface area contributed by atoms with Crippen LogP contribution in [0.4, 0.5) is 5.82 Å². The van der Waals surface area contributed by atoms with E-state index in [1.165, 1.54) is 36.1 Å². The lowest BCUT2D eigenvalue weighted by atomic mass is 10.0. The zero-order valence-electron chi connectivity index (χ0n) is 16.8. The van der Waals surface area contributed by atoms with Crippen LogP contribution in [0.2, 0.25) is 0 Å². The maximum atomic E-state index is 5.05. The van der Waals surface area contributed by atoms with Crippen LogP contribution in [0, 0.1) is 0 Å². The number of pyridine rings is 1. The van der Waals surface area contributed by atoms with Gasteiger partial charge in [-0.05, 0) is 37.0 Å². The molecule has 0 bridgehead atoms. The van der Waals surface area contributed by atoms with Gasteiger partial charge in [0, 0.05) is 50.9 Å². The molecule has 5 rings (SSSR count). The van der Waals surface area contributed by atoms with E-state index in [0.717, 1.165) is 56.5 Å². The largest absolute Gasteiger partial charge is 0.356 e. The molecule has 1 fully saturated rings. The fourth-order valence-electron chi connectivity index (χ4n) is 4.41. The Balaban J connectivity index is 1.49. The summed E-state index contributed by atoms with van der Waals surface area (Å²) in [5.41, 5.74) is 4.74. The van der Waals surface area contributed by atoms with E-state index >= 15 is 0 Å². The zero-order valence-corrected chi connectivity index (χ0v) is 16.8. The molecule has 0 radical (unpaired) electrons. The molecule has 2 aliphatic rings. The molecule has 29 heavy (non-hydrogen) atoms. The van der Waals surface area contributed by atoms with Crippen molar-refractivity contribution < 1.29 is 0 Å². The number of benzene rings is 1. The topological polar surface area (TPSA) is 45.2 Å². The molecule has 0 unspecified atom stereocenters. The van der Waals surface area contributed by atoms with Crippen LogP contribution in [0.25, 0.3) is 11.5 Å². The van der Waals surface area contributed by atoms with Crippen LogP contribution < -0.4 is 4.90 Å². The molecular weight excluding hydrogens is 358 g/mol. The highest BCUT2D eigenvalue weighted by Gasteiger charge is 2.26. The summed E-state index contributed by atoms with van der Waals surface area (Å²) >= 11 is 0. The summed E-state index contributed by atoms with van der Waals surface area (Å²) in [5.74, 6) is 1.90. The summed E-state index contributed by atoms with van der Waals surface area (Å²) < 4.78 is 0. The average molecular weight is 386 g/mol. The molecule has 4 heterocycles. The number of rotatable bonds is 4. The van der Waals surface area contributed by atoms with Crippen molar-refractivity contribution in [2.24, 2.45) is 0 Å². The van der Waals surface area contributed by atoms with Crippen LogP contribution in [0.15, 0.2) is 54.7 Å². The third-order valence-electron chi connectivity index (χ3n) is 5.92. The second-order valence-corrected chi connectivity index (χ2v) is 8.01. The third-order valence-corrected chi connectivity index (χ3v) is 5.92. The van der Waals surface area contributed by atoms with Crippen molar-refractivity contribution in [3.8, 4) is 11.5 Å². The van der Waals surface area contributed by atoms with Crippen LogP contribution in [0.3, 0.4) is 0 Å². The smallest absolute Gasteiger partial charge is 0.180 e. The Morgan fingerprint density at radius 2 is 1.66 bits per heavy atom. The third kappa shape index (κ3) is 4.01. The van der Waals surface area contributed by atoms with Crippen molar-refractivity contribution in [3.63, 3.8) is 0 Å². The second-order valence-electron chi connectivity index (χ2n) is 8.01. The molecule has 2 aromatic heterocycles. The number of fused-ring (bicyclic) bond motifs is 1. The second kappa shape index (κ2) is 8.29. The first-order valence-corrected chi connectivity index (χ1v) is 10.7. The monoisotopic (exact) mass is 385 g/mol. The van der Waals surface area contributed by atoms with E-state index in [1.807, 2.05) is 24.4 Å². The number of hydrogen-bond acceptors (Lipinski definition) is 5. The summed E-state index contributed by atoms with van der Waals surface area (Å²) in [6.07, 6.45) is 6.58. The normalized spacial score (nSPS) is 17.2. The van der Waals surface area contributed by atoms with E-state index in [2.05, 4.69) is 45.1 Å². The van der Waals surface area contributed by atoms with Crippen molar-refractivity contribution in [2.45, 2.75) is 38.8 Å². The lowest BCUT2D eigenvalue weighted by molar-refractivity contribution is 0.243. The highest BCUT2D eigenvalue weighted by molar-refractivity contribution is 5.58. The molecule has 148 valence electrons. The van der Waals surface area contributed by atoms with Crippen LogP contribution >= 0.6 is 0 Å². The van der Waals surface area contributed by atoms with Crippen molar-refractivity contribution >= 4 is 5.82 Å². The van der Waals surface area contributed by atoms with Crippen molar-refractivity contribution in [3.05, 3.63) is 71.5 Å². The Hall–Kier alpha value is -2.79. The van der Waals surface area contributed by atoms with Crippen molar-refractivity contribution in [1.29, 1.82) is 0 Å². The van der Waals surface area contributed by atoms with Gasteiger partial charge in [-0.15, -0.1) is 0 Å². The van der Waals surface area contributed by atoms with Gasteiger partial charge in [0.15, 0.2) is 5.82 Å². The molecule has 0 spiro atoms. The molecule has 5 nitrogen and oxygen atoms in total. The fraction of sp³-hybridized carbons (Fsp3) is 0.375. The van der Waals surface area contributed by atoms with Gasteiger partial charge < -0.3 is 4.90 Å². The lowest BCUT2D eigenvalue weighted by Gasteiger charge is -2.34. The van der Waals surface area contributed by atoms with Gasteiger partial charge in [0.05, 0.1) is 5.69 Å². The average Bonchev–Trinajstić information content (AvgIpc) is 2.80. The molecule has 1 aromatic carbocycles. The van der Waals surface area contributed by atoms with Crippen LogP contribution in [-0.4, -0.2) is 39.5 Å². The maximum Gasteiger partial charge on any atom is 0.180 e. The number of piperidine rings is 1. The Bertz CT molecular complexity index is 952. The van der Waals surface area contributed by atoms with Gasteiger partial charge in [-0.3, -0.25) is 9.88 Å². The summed E-state index contributed by atoms with van der Waals surface area (Å²) in [5, 5.41) is 0. The minimum atomic E-state index is 0.765. The molecule has 1 saturated heterocycles. The highest BCUT2D eigenvalue weighted by atomic mass is 15.2. The van der Waals surface area contributed by atoms with Crippen LogP contribution in [-0.2, 0) is 19.5 Å². The van der Waals surface area contributed by atoms with Gasteiger partial charge in [0.2, 0.25) is 0 Å².